The molecule has 2 aliphatic carbocycles. The second-order valence-corrected chi connectivity index (χ2v) is 7.76. The van der Waals surface area contributed by atoms with Crippen LogP contribution in [0.2, 0.25) is 0 Å². The zero-order valence-corrected chi connectivity index (χ0v) is 15.4. The van der Waals surface area contributed by atoms with Crippen LogP contribution in [-0.2, 0) is 0 Å². The standard InChI is InChI=1S/C20H23N5O2/c1-14-4-2-5-16(23-14)18(27)25-20-8-3-7-19(12-20,9-10-20)24-17(26)15-6-11-21-13-22-15/h2,4-6,11,13H,3,7-10,12H2,1H3,(H,24,26)(H,25,27)/t19-,20+/m1/s1. The van der Waals surface area contributed by atoms with E-state index < -0.39 is 0 Å². The molecule has 2 aromatic rings. The van der Waals surface area contributed by atoms with Gasteiger partial charge < -0.3 is 10.6 Å². The van der Waals surface area contributed by atoms with Crippen molar-refractivity contribution in [3.63, 3.8) is 0 Å². The van der Waals surface area contributed by atoms with Crippen LogP contribution in [0.5, 0.6) is 0 Å². The van der Waals surface area contributed by atoms with Crippen LogP contribution < -0.4 is 10.6 Å². The monoisotopic (exact) mass is 365 g/mol. The van der Waals surface area contributed by atoms with Crippen LogP contribution in [0.3, 0.4) is 0 Å². The first-order chi connectivity index (χ1) is 13.0. The Hall–Kier alpha value is -2.83. The molecule has 0 saturated heterocycles. The molecule has 2 amide bonds. The summed E-state index contributed by atoms with van der Waals surface area (Å²) in [6.45, 7) is 1.87. The zero-order chi connectivity index (χ0) is 18.9. The van der Waals surface area contributed by atoms with Gasteiger partial charge in [0, 0.05) is 23.0 Å². The van der Waals surface area contributed by atoms with Crippen molar-refractivity contribution >= 4 is 11.8 Å². The summed E-state index contributed by atoms with van der Waals surface area (Å²) in [5, 5.41) is 6.42. The summed E-state index contributed by atoms with van der Waals surface area (Å²) in [6, 6.07) is 7.07. The van der Waals surface area contributed by atoms with Gasteiger partial charge in [-0.05, 0) is 63.6 Å². The Balaban J connectivity index is 1.48. The predicted molar refractivity (Wildman–Crippen MR) is 99.1 cm³/mol. The van der Waals surface area contributed by atoms with Crippen molar-refractivity contribution in [1.82, 2.24) is 25.6 Å². The highest BCUT2D eigenvalue weighted by Gasteiger charge is 2.52. The van der Waals surface area contributed by atoms with Gasteiger partial charge in [-0.15, -0.1) is 0 Å². The molecule has 2 heterocycles. The van der Waals surface area contributed by atoms with Gasteiger partial charge in [0.2, 0.25) is 0 Å². The smallest absolute Gasteiger partial charge is 0.270 e. The largest absolute Gasteiger partial charge is 0.345 e. The first-order valence-electron chi connectivity index (χ1n) is 9.34. The number of fused-ring (bicyclic) bond motifs is 2. The van der Waals surface area contributed by atoms with E-state index in [9.17, 15) is 9.59 Å². The topological polar surface area (TPSA) is 96.9 Å². The van der Waals surface area contributed by atoms with Crippen LogP contribution in [-0.4, -0.2) is 37.8 Å². The highest BCUT2D eigenvalue weighted by molar-refractivity contribution is 5.93. The van der Waals surface area contributed by atoms with Gasteiger partial charge in [-0.1, -0.05) is 6.07 Å². The molecule has 7 heteroatoms. The molecule has 7 nitrogen and oxygen atoms in total. The average molecular weight is 365 g/mol. The maximum atomic E-state index is 12.7. The summed E-state index contributed by atoms with van der Waals surface area (Å²) in [5.74, 6) is -0.319. The lowest BCUT2D eigenvalue weighted by Gasteiger charge is -2.40. The Kier molecular flexibility index (Phi) is 4.37. The quantitative estimate of drug-likeness (QED) is 0.866. The number of carbonyl (C=O) groups excluding carboxylic acids is 2. The lowest BCUT2D eigenvalue weighted by Crippen LogP contribution is -2.55. The Labute approximate surface area is 158 Å². The summed E-state index contributed by atoms with van der Waals surface area (Å²) in [7, 11) is 0. The fourth-order valence-electron chi connectivity index (χ4n) is 4.54. The highest BCUT2D eigenvalue weighted by Crippen LogP contribution is 2.48. The van der Waals surface area contributed by atoms with E-state index in [-0.39, 0.29) is 22.9 Å². The fraction of sp³-hybridized carbons (Fsp3) is 0.450. The number of carbonyl (C=O) groups is 2. The van der Waals surface area contributed by atoms with Crippen LogP contribution in [0.15, 0.2) is 36.8 Å². The van der Waals surface area contributed by atoms with E-state index >= 15 is 0 Å². The Bertz CT molecular complexity index is 872. The van der Waals surface area contributed by atoms with Gasteiger partial charge in [-0.3, -0.25) is 9.59 Å². The number of rotatable bonds is 4. The minimum absolute atomic E-state index is 0.140. The third kappa shape index (κ3) is 3.54. The van der Waals surface area contributed by atoms with E-state index in [2.05, 4.69) is 25.6 Å². The van der Waals surface area contributed by atoms with Crippen molar-refractivity contribution in [2.45, 2.75) is 56.5 Å². The molecule has 2 fully saturated rings. The molecule has 0 radical (unpaired) electrons. The average Bonchev–Trinajstić information content (AvgIpc) is 2.92. The van der Waals surface area contributed by atoms with E-state index in [0.717, 1.165) is 44.2 Å². The molecule has 27 heavy (non-hydrogen) atoms. The van der Waals surface area contributed by atoms with E-state index in [1.807, 2.05) is 19.1 Å². The highest BCUT2D eigenvalue weighted by atomic mass is 16.2. The van der Waals surface area contributed by atoms with Gasteiger partial charge in [0.15, 0.2) is 0 Å². The first kappa shape index (κ1) is 17.6. The van der Waals surface area contributed by atoms with Crippen LogP contribution in [0, 0.1) is 6.92 Å². The van der Waals surface area contributed by atoms with Gasteiger partial charge in [0.1, 0.15) is 17.7 Å². The van der Waals surface area contributed by atoms with Gasteiger partial charge >= 0.3 is 0 Å². The Morgan fingerprint density at radius 3 is 2.30 bits per heavy atom. The third-order valence-corrected chi connectivity index (χ3v) is 5.76. The van der Waals surface area contributed by atoms with Crippen LogP contribution in [0.4, 0.5) is 0 Å². The number of pyridine rings is 1. The molecule has 0 unspecified atom stereocenters. The lowest BCUT2D eigenvalue weighted by molar-refractivity contribution is 0.0827. The summed E-state index contributed by atoms with van der Waals surface area (Å²) in [6.07, 6.45) is 8.20. The second-order valence-electron chi connectivity index (χ2n) is 7.76. The van der Waals surface area contributed by atoms with Crippen molar-refractivity contribution < 1.29 is 9.59 Å². The van der Waals surface area contributed by atoms with Crippen LogP contribution >= 0.6 is 0 Å². The molecule has 0 aliphatic heterocycles. The SMILES string of the molecule is Cc1cccc(C(=O)N[C@@]23CCC[C@@](NC(=O)c4ccncn4)(CC2)C3)n1. The number of hydrogen-bond acceptors (Lipinski definition) is 5. The molecule has 4 rings (SSSR count). The number of nitrogens with one attached hydrogen (secondary N) is 2. The molecule has 0 spiro atoms. The van der Waals surface area contributed by atoms with Gasteiger partial charge in [-0.25, -0.2) is 15.0 Å². The van der Waals surface area contributed by atoms with Crippen molar-refractivity contribution in [2.24, 2.45) is 0 Å². The minimum atomic E-state index is -0.284. The first-order valence-corrected chi connectivity index (χ1v) is 9.34. The van der Waals surface area contributed by atoms with Crippen LogP contribution in [0.25, 0.3) is 0 Å². The van der Waals surface area contributed by atoms with Crippen molar-refractivity contribution in [3.05, 3.63) is 53.9 Å². The lowest BCUT2D eigenvalue weighted by atomic mass is 9.78. The predicted octanol–water partition coefficient (Wildman–Crippen LogP) is 2.19. The second kappa shape index (κ2) is 6.72. The molecule has 2 atom stereocenters. The van der Waals surface area contributed by atoms with E-state index in [1.54, 1.807) is 18.3 Å². The summed E-state index contributed by atoms with van der Waals surface area (Å²) in [4.78, 5) is 37.5. The molecule has 140 valence electrons. The molecule has 2 aromatic heterocycles. The van der Waals surface area contributed by atoms with E-state index in [1.165, 1.54) is 6.33 Å². The van der Waals surface area contributed by atoms with Crippen LogP contribution in [0.1, 0.15) is 65.2 Å². The number of nitrogens with zero attached hydrogens (tertiary/aromatic N) is 3. The molecule has 2 N–H and O–H groups in total. The molecular formula is C20H23N5O2. The number of aryl methyl sites for hydroxylation is 1. The van der Waals surface area contributed by atoms with Crippen molar-refractivity contribution in [2.75, 3.05) is 0 Å². The maximum Gasteiger partial charge on any atom is 0.270 e. The van der Waals surface area contributed by atoms with Gasteiger partial charge in [0.05, 0.1) is 0 Å². The Morgan fingerprint density at radius 1 is 0.963 bits per heavy atom. The maximum absolute atomic E-state index is 12.7. The molecule has 2 aliphatic rings. The number of amides is 2. The Morgan fingerprint density at radius 2 is 1.67 bits per heavy atom. The number of aromatic nitrogens is 3. The normalized spacial score (nSPS) is 26.4. The fourth-order valence-corrected chi connectivity index (χ4v) is 4.54. The van der Waals surface area contributed by atoms with Crippen molar-refractivity contribution in [3.8, 4) is 0 Å². The molecular weight excluding hydrogens is 342 g/mol. The van der Waals surface area contributed by atoms with Gasteiger partial charge in [0.25, 0.3) is 11.8 Å². The van der Waals surface area contributed by atoms with E-state index in [0.29, 0.717) is 11.4 Å². The van der Waals surface area contributed by atoms with E-state index in [4.69, 9.17) is 0 Å². The van der Waals surface area contributed by atoms with Crippen molar-refractivity contribution in [1.29, 1.82) is 0 Å². The minimum Gasteiger partial charge on any atom is -0.345 e. The molecule has 2 bridgehead atoms. The zero-order valence-electron chi connectivity index (χ0n) is 15.4. The number of hydrogen-bond donors (Lipinski definition) is 2. The third-order valence-electron chi connectivity index (χ3n) is 5.76. The van der Waals surface area contributed by atoms with Gasteiger partial charge in [-0.2, -0.15) is 0 Å². The summed E-state index contributed by atoms with van der Waals surface area (Å²) < 4.78 is 0. The molecule has 2 saturated carbocycles. The summed E-state index contributed by atoms with van der Waals surface area (Å²) >= 11 is 0. The summed E-state index contributed by atoms with van der Waals surface area (Å²) in [5.41, 5.74) is 1.07. The molecule has 0 aromatic carbocycles.